The fourth-order valence-electron chi connectivity index (χ4n) is 3.20. The average molecular weight is 254 g/mol. The van der Waals surface area contributed by atoms with Crippen LogP contribution in [0.4, 0.5) is 0 Å². The van der Waals surface area contributed by atoms with Crippen molar-refractivity contribution in [3.8, 4) is 0 Å². The monoisotopic (exact) mass is 254 g/mol. The topological polar surface area (TPSA) is 55.1 Å². The van der Waals surface area contributed by atoms with Crippen LogP contribution in [0.2, 0.25) is 0 Å². The molecule has 0 spiro atoms. The Bertz CT molecular complexity index is 281. The molecule has 0 aliphatic heterocycles. The number of carbonyl (C=O) groups excluding carboxylic acids is 1. The van der Waals surface area contributed by atoms with Crippen LogP contribution in [0.25, 0.3) is 0 Å². The molecule has 18 heavy (non-hydrogen) atoms. The number of hydrogen-bond acceptors (Lipinski definition) is 2. The van der Waals surface area contributed by atoms with Gasteiger partial charge in [0, 0.05) is 6.04 Å². The van der Waals surface area contributed by atoms with Crippen LogP contribution in [0.15, 0.2) is 0 Å². The van der Waals surface area contributed by atoms with E-state index in [0.717, 1.165) is 0 Å². The van der Waals surface area contributed by atoms with Crippen LogP contribution in [-0.2, 0) is 4.79 Å². The minimum atomic E-state index is -0.219. The third kappa shape index (κ3) is 3.98. The predicted molar refractivity (Wildman–Crippen MR) is 76.2 cm³/mol. The highest BCUT2D eigenvalue weighted by molar-refractivity contribution is 5.80. The molecule has 1 fully saturated rings. The first-order valence-corrected chi connectivity index (χ1v) is 7.29. The van der Waals surface area contributed by atoms with Crippen molar-refractivity contribution in [3.05, 3.63) is 0 Å². The van der Waals surface area contributed by atoms with Gasteiger partial charge in [0.1, 0.15) is 0 Å². The third-order valence-electron chi connectivity index (χ3n) is 4.25. The minimum absolute atomic E-state index is 0.196. The van der Waals surface area contributed by atoms with E-state index in [0.29, 0.717) is 12.0 Å². The van der Waals surface area contributed by atoms with E-state index in [9.17, 15) is 4.79 Å². The molecule has 3 nitrogen and oxygen atoms in total. The molecule has 0 heterocycles. The van der Waals surface area contributed by atoms with Crippen molar-refractivity contribution in [1.82, 2.24) is 5.32 Å². The van der Waals surface area contributed by atoms with Gasteiger partial charge in [-0.05, 0) is 30.1 Å². The largest absolute Gasteiger partial charge is 0.368 e. The van der Waals surface area contributed by atoms with E-state index in [1.807, 2.05) is 0 Å². The van der Waals surface area contributed by atoms with Crippen molar-refractivity contribution >= 4 is 5.91 Å². The number of amides is 1. The van der Waals surface area contributed by atoms with Gasteiger partial charge in [-0.2, -0.15) is 0 Å². The smallest absolute Gasteiger partial charge is 0.234 e. The van der Waals surface area contributed by atoms with Gasteiger partial charge < -0.3 is 11.1 Å². The molecule has 1 aliphatic rings. The summed E-state index contributed by atoms with van der Waals surface area (Å²) in [6, 6.07) is 0.233. The number of primary amides is 1. The summed E-state index contributed by atoms with van der Waals surface area (Å²) in [6.45, 7) is 11.0. The molecule has 0 aromatic carbocycles. The van der Waals surface area contributed by atoms with Gasteiger partial charge in [0.05, 0.1) is 6.04 Å². The molecule has 3 N–H and O–H groups in total. The molecule has 1 amide bonds. The second-order valence-corrected chi connectivity index (χ2v) is 7.15. The zero-order valence-corrected chi connectivity index (χ0v) is 12.6. The molecule has 3 atom stereocenters. The van der Waals surface area contributed by atoms with Crippen LogP contribution in [0.5, 0.6) is 0 Å². The summed E-state index contributed by atoms with van der Waals surface area (Å²) >= 11 is 0. The lowest BCUT2D eigenvalue weighted by molar-refractivity contribution is -0.121. The van der Waals surface area contributed by atoms with Gasteiger partial charge in [-0.3, -0.25) is 4.79 Å². The van der Waals surface area contributed by atoms with Crippen LogP contribution in [0, 0.1) is 17.3 Å². The summed E-state index contributed by atoms with van der Waals surface area (Å²) in [5.41, 5.74) is 5.80. The molecular weight excluding hydrogens is 224 g/mol. The lowest BCUT2D eigenvalue weighted by Crippen LogP contribution is -2.54. The molecule has 1 aliphatic carbocycles. The zero-order chi connectivity index (χ0) is 13.9. The van der Waals surface area contributed by atoms with Crippen molar-refractivity contribution in [2.45, 2.75) is 72.4 Å². The highest BCUT2D eigenvalue weighted by Crippen LogP contribution is 2.38. The molecule has 3 heteroatoms. The fraction of sp³-hybridized carbons (Fsp3) is 0.933. The van der Waals surface area contributed by atoms with Crippen LogP contribution >= 0.6 is 0 Å². The number of nitrogens with one attached hydrogen (secondary N) is 1. The highest BCUT2D eigenvalue weighted by atomic mass is 16.1. The summed E-state index contributed by atoms with van der Waals surface area (Å²) in [7, 11) is 0. The Hall–Kier alpha value is -0.570. The molecule has 0 aromatic rings. The Morgan fingerprint density at radius 3 is 2.22 bits per heavy atom. The third-order valence-corrected chi connectivity index (χ3v) is 4.25. The average Bonchev–Trinajstić information content (AvgIpc) is 2.24. The molecular formula is C15H30N2O. The van der Waals surface area contributed by atoms with Crippen molar-refractivity contribution in [3.63, 3.8) is 0 Å². The first kappa shape index (κ1) is 15.5. The van der Waals surface area contributed by atoms with Crippen LogP contribution < -0.4 is 11.1 Å². The van der Waals surface area contributed by atoms with Gasteiger partial charge in [0.25, 0.3) is 0 Å². The van der Waals surface area contributed by atoms with Crippen LogP contribution in [0.1, 0.15) is 60.3 Å². The Labute approximate surface area is 112 Å². The van der Waals surface area contributed by atoms with Crippen LogP contribution in [-0.4, -0.2) is 18.0 Å². The van der Waals surface area contributed by atoms with Crippen molar-refractivity contribution < 1.29 is 4.79 Å². The van der Waals surface area contributed by atoms with Gasteiger partial charge in [-0.1, -0.05) is 47.5 Å². The van der Waals surface area contributed by atoms with Gasteiger partial charge in [0.15, 0.2) is 0 Å². The maximum atomic E-state index is 11.5. The number of nitrogens with two attached hydrogens (primary N) is 1. The molecule has 106 valence electrons. The summed E-state index contributed by atoms with van der Waals surface area (Å²) < 4.78 is 0. The SMILES string of the molecule is CC(C)C(NC1CCCCC1C(C)(C)C)C(N)=O. The Balaban J connectivity index is 2.75. The van der Waals surface area contributed by atoms with E-state index < -0.39 is 0 Å². The van der Waals surface area contributed by atoms with Crippen molar-refractivity contribution in [1.29, 1.82) is 0 Å². The predicted octanol–water partition coefficient (Wildman–Crippen LogP) is 2.69. The quantitative estimate of drug-likeness (QED) is 0.810. The maximum Gasteiger partial charge on any atom is 0.234 e. The summed E-state index contributed by atoms with van der Waals surface area (Å²) in [5, 5.41) is 3.54. The molecule has 3 unspecified atom stereocenters. The molecule has 1 saturated carbocycles. The van der Waals surface area contributed by atoms with Gasteiger partial charge in [-0.15, -0.1) is 0 Å². The van der Waals surface area contributed by atoms with Crippen molar-refractivity contribution in [2.24, 2.45) is 23.0 Å². The molecule has 0 bridgehead atoms. The summed E-state index contributed by atoms with van der Waals surface area (Å²) in [5.74, 6) is 0.667. The molecule has 0 aromatic heterocycles. The maximum absolute atomic E-state index is 11.5. The molecule has 1 rings (SSSR count). The van der Waals surface area contributed by atoms with Gasteiger partial charge in [0.2, 0.25) is 5.91 Å². The van der Waals surface area contributed by atoms with Crippen LogP contribution in [0.3, 0.4) is 0 Å². The van der Waals surface area contributed by atoms with Gasteiger partial charge in [-0.25, -0.2) is 0 Å². The first-order chi connectivity index (χ1) is 8.23. The molecule has 0 saturated heterocycles. The lowest BCUT2D eigenvalue weighted by Gasteiger charge is -2.42. The lowest BCUT2D eigenvalue weighted by atomic mass is 9.69. The van der Waals surface area contributed by atoms with E-state index in [1.165, 1.54) is 25.7 Å². The van der Waals surface area contributed by atoms with E-state index in [-0.39, 0.29) is 23.3 Å². The number of hydrogen-bond donors (Lipinski definition) is 2. The van der Waals surface area contributed by atoms with E-state index >= 15 is 0 Å². The minimum Gasteiger partial charge on any atom is -0.368 e. The number of carbonyl (C=O) groups is 1. The number of rotatable bonds is 4. The Morgan fingerprint density at radius 1 is 1.22 bits per heavy atom. The van der Waals surface area contributed by atoms with E-state index in [4.69, 9.17) is 5.73 Å². The Morgan fingerprint density at radius 2 is 1.78 bits per heavy atom. The van der Waals surface area contributed by atoms with E-state index in [2.05, 4.69) is 39.9 Å². The summed E-state index contributed by atoms with van der Waals surface area (Å²) in [6.07, 6.45) is 4.99. The first-order valence-electron chi connectivity index (χ1n) is 7.29. The highest BCUT2D eigenvalue weighted by Gasteiger charge is 2.36. The van der Waals surface area contributed by atoms with Gasteiger partial charge >= 0.3 is 0 Å². The Kier molecular flexibility index (Phi) is 5.20. The normalized spacial score (nSPS) is 27.2. The molecule has 0 radical (unpaired) electrons. The van der Waals surface area contributed by atoms with E-state index in [1.54, 1.807) is 0 Å². The van der Waals surface area contributed by atoms with Crippen molar-refractivity contribution in [2.75, 3.05) is 0 Å². The zero-order valence-electron chi connectivity index (χ0n) is 12.6. The second kappa shape index (κ2) is 6.05. The second-order valence-electron chi connectivity index (χ2n) is 7.15. The standard InChI is InChI=1S/C15H30N2O/c1-10(2)13(14(16)18)17-12-9-7-6-8-11(12)15(3,4)5/h10-13,17H,6-9H2,1-5H3,(H2,16,18). The fourth-order valence-corrected chi connectivity index (χ4v) is 3.20. The summed E-state index contributed by atoms with van der Waals surface area (Å²) in [4.78, 5) is 11.5.